The van der Waals surface area contributed by atoms with E-state index in [0.29, 0.717) is 5.82 Å². The summed E-state index contributed by atoms with van der Waals surface area (Å²) in [4.78, 5) is 31.1. The molecule has 1 saturated carbocycles. The predicted octanol–water partition coefficient (Wildman–Crippen LogP) is 3.31. The summed E-state index contributed by atoms with van der Waals surface area (Å²) in [6.45, 7) is 2.47. The molecule has 2 aromatic rings. The number of amides is 1. The van der Waals surface area contributed by atoms with Crippen molar-refractivity contribution < 1.29 is 27.9 Å². The van der Waals surface area contributed by atoms with Gasteiger partial charge in [-0.25, -0.2) is 14.8 Å². The Morgan fingerprint density at radius 2 is 2.00 bits per heavy atom. The second kappa shape index (κ2) is 6.80. The fourth-order valence-electron chi connectivity index (χ4n) is 2.90. The minimum Gasteiger partial charge on any atom is -0.475 e. The quantitative estimate of drug-likeness (QED) is 0.803. The SMILES string of the molecule is CC(=O)Nc1cc2c(cn1)C1(CC1)CN2c1nccs1.O=C(O)C(F)(F)F. The third kappa shape index (κ3) is 4.02. The molecule has 3 heterocycles. The molecule has 0 unspecified atom stereocenters. The molecule has 0 saturated heterocycles. The van der Waals surface area contributed by atoms with Gasteiger partial charge in [-0.05, 0) is 12.8 Å². The molecular formula is C16H15F3N4O3S. The van der Waals surface area contributed by atoms with Crippen LogP contribution in [-0.4, -0.2) is 39.7 Å². The third-order valence-corrected chi connectivity index (χ3v) is 5.05. The number of anilines is 3. The molecule has 1 amide bonds. The molecular weight excluding hydrogens is 385 g/mol. The molecule has 2 aromatic heterocycles. The Balaban J connectivity index is 0.000000260. The second-order valence-electron chi connectivity index (χ2n) is 6.25. The van der Waals surface area contributed by atoms with Crippen LogP contribution >= 0.6 is 11.3 Å². The van der Waals surface area contributed by atoms with Crippen LogP contribution in [0.1, 0.15) is 25.3 Å². The number of carboxylic acids is 1. The van der Waals surface area contributed by atoms with Crippen LogP contribution in [0.3, 0.4) is 0 Å². The summed E-state index contributed by atoms with van der Waals surface area (Å²) in [6.07, 6.45) is 1.08. The van der Waals surface area contributed by atoms with E-state index in [9.17, 15) is 18.0 Å². The van der Waals surface area contributed by atoms with Crippen molar-refractivity contribution in [2.75, 3.05) is 16.8 Å². The average Bonchev–Trinajstić information content (AvgIpc) is 3.01. The molecule has 0 radical (unpaired) electrons. The molecule has 0 bridgehead atoms. The lowest BCUT2D eigenvalue weighted by molar-refractivity contribution is -0.192. The van der Waals surface area contributed by atoms with E-state index in [2.05, 4.69) is 20.2 Å². The van der Waals surface area contributed by atoms with Crippen LogP contribution in [0, 0.1) is 0 Å². The van der Waals surface area contributed by atoms with E-state index in [1.54, 1.807) is 11.3 Å². The van der Waals surface area contributed by atoms with E-state index < -0.39 is 12.1 Å². The lowest BCUT2D eigenvalue weighted by Gasteiger charge is -2.16. The second-order valence-corrected chi connectivity index (χ2v) is 7.12. The molecule has 0 atom stereocenters. The standard InChI is InChI=1S/C14H14N4OS.C2HF3O2/c1-9(19)17-12-6-11-10(7-16-12)14(2-3-14)8-18(11)13-15-4-5-20-13;3-2(4,5)1(6)7/h4-7H,2-3,8H2,1H3,(H,16,17,19);(H,6,7). The molecule has 1 aliphatic carbocycles. The summed E-state index contributed by atoms with van der Waals surface area (Å²) < 4.78 is 31.7. The van der Waals surface area contributed by atoms with Crippen molar-refractivity contribution in [3.05, 3.63) is 29.4 Å². The van der Waals surface area contributed by atoms with Crippen LogP contribution in [0.15, 0.2) is 23.8 Å². The van der Waals surface area contributed by atoms with E-state index in [1.165, 1.54) is 25.3 Å². The molecule has 1 aliphatic heterocycles. The number of pyridine rings is 1. The molecule has 1 spiro atoms. The number of nitrogens with zero attached hydrogens (tertiary/aromatic N) is 3. The number of alkyl halides is 3. The van der Waals surface area contributed by atoms with Gasteiger partial charge < -0.3 is 15.3 Å². The Kier molecular flexibility index (Phi) is 4.81. The first-order valence-electron chi connectivity index (χ1n) is 7.88. The van der Waals surface area contributed by atoms with Crippen molar-refractivity contribution in [3.8, 4) is 0 Å². The van der Waals surface area contributed by atoms with Crippen LogP contribution in [0.2, 0.25) is 0 Å². The van der Waals surface area contributed by atoms with Crippen molar-refractivity contribution in [1.29, 1.82) is 0 Å². The minimum atomic E-state index is -5.08. The summed E-state index contributed by atoms with van der Waals surface area (Å²) in [7, 11) is 0. The van der Waals surface area contributed by atoms with Gasteiger partial charge in [-0.1, -0.05) is 0 Å². The van der Waals surface area contributed by atoms with Gasteiger partial charge in [-0.3, -0.25) is 4.79 Å². The fraction of sp³-hybridized carbons (Fsp3) is 0.375. The van der Waals surface area contributed by atoms with Crippen LogP contribution in [0.25, 0.3) is 0 Å². The summed E-state index contributed by atoms with van der Waals surface area (Å²) in [5, 5.41) is 12.9. The highest BCUT2D eigenvalue weighted by Gasteiger charge is 2.52. The van der Waals surface area contributed by atoms with E-state index in [-0.39, 0.29) is 11.3 Å². The van der Waals surface area contributed by atoms with Crippen LogP contribution in [0.4, 0.5) is 29.8 Å². The van der Waals surface area contributed by atoms with Gasteiger partial charge in [0.2, 0.25) is 5.91 Å². The van der Waals surface area contributed by atoms with Crippen LogP contribution in [-0.2, 0) is 15.0 Å². The molecule has 11 heteroatoms. The van der Waals surface area contributed by atoms with E-state index in [4.69, 9.17) is 9.90 Å². The zero-order valence-corrected chi connectivity index (χ0v) is 14.9. The van der Waals surface area contributed by atoms with Gasteiger partial charge in [-0.2, -0.15) is 13.2 Å². The number of aromatic nitrogens is 2. The zero-order valence-electron chi connectivity index (χ0n) is 14.1. The number of rotatable bonds is 2. The largest absolute Gasteiger partial charge is 0.490 e. The molecule has 7 nitrogen and oxygen atoms in total. The van der Waals surface area contributed by atoms with Gasteiger partial charge in [0.05, 0.1) is 5.69 Å². The molecule has 27 heavy (non-hydrogen) atoms. The molecule has 144 valence electrons. The molecule has 2 N–H and O–H groups in total. The molecule has 4 rings (SSSR count). The number of thiazole rings is 1. The van der Waals surface area contributed by atoms with E-state index >= 15 is 0 Å². The molecule has 1 fully saturated rings. The smallest absolute Gasteiger partial charge is 0.475 e. The highest BCUT2D eigenvalue weighted by Crippen LogP contribution is 2.58. The topological polar surface area (TPSA) is 95.4 Å². The maximum absolute atomic E-state index is 11.2. The highest BCUT2D eigenvalue weighted by molar-refractivity contribution is 7.13. The number of halogens is 3. The normalized spacial score (nSPS) is 16.4. The Labute approximate surface area is 155 Å². The van der Waals surface area contributed by atoms with Crippen molar-refractivity contribution in [2.45, 2.75) is 31.4 Å². The minimum absolute atomic E-state index is 0.0996. The van der Waals surface area contributed by atoms with Crippen molar-refractivity contribution in [1.82, 2.24) is 9.97 Å². The summed E-state index contributed by atoms with van der Waals surface area (Å²) >= 11 is 1.64. The first-order chi connectivity index (χ1) is 12.6. The van der Waals surface area contributed by atoms with E-state index in [1.807, 2.05) is 23.8 Å². The average molecular weight is 400 g/mol. The first-order valence-corrected chi connectivity index (χ1v) is 8.76. The summed E-state index contributed by atoms with van der Waals surface area (Å²) in [5.74, 6) is -2.25. The van der Waals surface area contributed by atoms with Crippen molar-refractivity contribution >= 4 is 39.9 Å². The van der Waals surface area contributed by atoms with Gasteiger partial charge in [0.1, 0.15) is 5.82 Å². The number of nitrogens with one attached hydrogen (secondary N) is 1. The lowest BCUT2D eigenvalue weighted by Crippen LogP contribution is -2.21. The van der Waals surface area contributed by atoms with Crippen LogP contribution < -0.4 is 10.2 Å². The maximum atomic E-state index is 11.2. The molecule has 2 aliphatic rings. The van der Waals surface area contributed by atoms with Crippen molar-refractivity contribution in [3.63, 3.8) is 0 Å². The van der Waals surface area contributed by atoms with Gasteiger partial charge in [0, 0.05) is 48.3 Å². The number of carboxylic acid groups (broad SMARTS) is 1. The number of aliphatic carboxylic acids is 1. The number of carbonyl (C=O) groups is 2. The first kappa shape index (κ1) is 19.1. The van der Waals surface area contributed by atoms with Crippen molar-refractivity contribution in [2.24, 2.45) is 0 Å². The third-order valence-electron chi connectivity index (χ3n) is 4.26. The number of carbonyl (C=O) groups excluding carboxylic acids is 1. The van der Waals surface area contributed by atoms with Gasteiger partial charge in [0.25, 0.3) is 0 Å². The Morgan fingerprint density at radius 1 is 1.33 bits per heavy atom. The zero-order chi connectivity index (χ0) is 19.8. The number of fused-ring (bicyclic) bond motifs is 2. The lowest BCUT2D eigenvalue weighted by atomic mass is 10.0. The Bertz CT molecular complexity index is 866. The monoisotopic (exact) mass is 400 g/mol. The van der Waals surface area contributed by atoms with Gasteiger partial charge in [0.15, 0.2) is 5.13 Å². The Hall–Kier alpha value is -2.69. The van der Waals surface area contributed by atoms with Gasteiger partial charge >= 0.3 is 12.1 Å². The molecule has 0 aromatic carbocycles. The number of hydrogen-bond donors (Lipinski definition) is 2. The summed E-state index contributed by atoms with van der Waals surface area (Å²) in [6, 6.07) is 1.96. The summed E-state index contributed by atoms with van der Waals surface area (Å²) in [5.41, 5.74) is 2.70. The van der Waals surface area contributed by atoms with E-state index in [0.717, 1.165) is 17.4 Å². The fourth-order valence-corrected chi connectivity index (χ4v) is 3.55. The number of hydrogen-bond acceptors (Lipinski definition) is 6. The van der Waals surface area contributed by atoms with Crippen LogP contribution in [0.5, 0.6) is 0 Å². The van der Waals surface area contributed by atoms with Gasteiger partial charge in [-0.15, -0.1) is 11.3 Å². The highest BCUT2D eigenvalue weighted by atomic mass is 32.1. The predicted molar refractivity (Wildman–Crippen MR) is 92.3 cm³/mol. The Morgan fingerprint density at radius 3 is 2.48 bits per heavy atom. The maximum Gasteiger partial charge on any atom is 0.490 e.